The third-order valence-electron chi connectivity index (χ3n) is 2.28. The fourth-order valence-electron chi connectivity index (χ4n) is 1.46. The predicted octanol–water partition coefficient (Wildman–Crippen LogP) is 3.82. The van der Waals surface area contributed by atoms with Crippen LogP contribution in [0.2, 0.25) is 0 Å². The quantitative estimate of drug-likeness (QED) is 0.480. The number of carboxylic acid groups (broad SMARTS) is 1. The molecule has 3 nitrogen and oxygen atoms in total. The highest BCUT2D eigenvalue weighted by molar-refractivity contribution is 5.57. The van der Waals surface area contributed by atoms with Gasteiger partial charge >= 0.3 is 6.16 Å². The highest BCUT2D eigenvalue weighted by atomic mass is 16.7. The molecule has 0 aromatic carbocycles. The summed E-state index contributed by atoms with van der Waals surface area (Å²) in [4.78, 5) is 10.4. The molecule has 14 heavy (non-hydrogen) atoms. The second-order valence-electron chi connectivity index (χ2n) is 3.64. The van der Waals surface area contributed by atoms with Gasteiger partial charge in [0.15, 0.2) is 0 Å². The van der Waals surface area contributed by atoms with Crippen LogP contribution in [0.4, 0.5) is 4.79 Å². The van der Waals surface area contributed by atoms with Gasteiger partial charge in [0.05, 0.1) is 0 Å². The average molecular weight is 202 g/mol. The van der Waals surface area contributed by atoms with Gasteiger partial charge in [-0.25, -0.2) is 4.79 Å². The molecule has 0 aromatic rings. The number of hydrogen-bond acceptors (Lipinski definition) is 2. The van der Waals surface area contributed by atoms with Gasteiger partial charge in [-0.05, 0) is 19.3 Å². The lowest BCUT2D eigenvalue weighted by Crippen LogP contribution is -2.16. The molecule has 0 rings (SSSR count). The fraction of sp³-hybridized carbons (Fsp3) is 0.909. The van der Waals surface area contributed by atoms with Gasteiger partial charge in [-0.3, -0.25) is 0 Å². The Morgan fingerprint density at radius 3 is 2.21 bits per heavy atom. The van der Waals surface area contributed by atoms with Crippen LogP contribution in [0.5, 0.6) is 0 Å². The van der Waals surface area contributed by atoms with Crippen molar-refractivity contribution in [3.05, 3.63) is 0 Å². The van der Waals surface area contributed by atoms with Crippen LogP contribution >= 0.6 is 0 Å². The van der Waals surface area contributed by atoms with Gasteiger partial charge in [0.25, 0.3) is 0 Å². The van der Waals surface area contributed by atoms with Crippen molar-refractivity contribution in [2.75, 3.05) is 0 Å². The molecule has 1 unspecified atom stereocenters. The molecule has 0 aliphatic heterocycles. The van der Waals surface area contributed by atoms with Crippen molar-refractivity contribution >= 4 is 6.16 Å². The van der Waals surface area contributed by atoms with Crippen LogP contribution in [0.1, 0.15) is 58.8 Å². The Balaban J connectivity index is 3.66. The lowest BCUT2D eigenvalue weighted by Gasteiger charge is -2.14. The van der Waals surface area contributed by atoms with E-state index < -0.39 is 6.16 Å². The van der Waals surface area contributed by atoms with E-state index in [1.165, 1.54) is 0 Å². The molecule has 0 heterocycles. The maximum Gasteiger partial charge on any atom is 0.506 e. The summed E-state index contributed by atoms with van der Waals surface area (Å²) in [5.41, 5.74) is 0. The molecule has 0 spiro atoms. The Kier molecular flexibility index (Phi) is 8.39. The Morgan fingerprint density at radius 1 is 1.14 bits per heavy atom. The summed E-state index contributed by atoms with van der Waals surface area (Å²) in [6.07, 6.45) is 6.04. The van der Waals surface area contributed by atoms with Crippen LogP contribution in [0.15, 0.2) is 0 Å². The summed E-state index contributed by atoms with van der Waals surface area (Å²) in [5.74, 6) is 0. The van der Waals surface area contributed by atoms with Crippen molar-refractivity contribution in [1.82, 2.24) is 0 Å². The molecule has 3 heteroatoms. The van der Waals surface area contributed by atoms with E-state index in [4.69, 9.17) is 9.84 Å². The third-order valence-corrected chi connectivity index (χ3v) is 2.28. The highest BCUT2D eigenvalue weighted by Gasteiger charge is 2.12. The lowest BCUT2D eigenvalue weighted by atomic mass is 10.1. The molecule has 0 saturated carbocycles. The van der Waals surface area contributed by atoms with E-state index in [-0.39, 0.29) is 6.10 Å². The summed E-state index contributed by atoms with van der Waals surface area (Å²) in [5, 5.41) is 8.52. The van der Waals surface area contributed by atoms with E-state index in [1.807, 2.05) is 0 Å². The van der Waals surface area contributed by atoms with E-state index in [0.29, 0.717) is 0 Å². The number of unbranched alkanes of at least 4 members (excludes halogenated alkanes) is 3. The molecular formula is C11H22O3. The first-order valence-corrected chi connectivity index (χ1v) is 5.60. The zero-order valence-corrected chi connectivity index (χ0v) is 9.29. The largest absolute Gasteiger partial charge is 0.506 e. The van der Waals surface area contributed by atoms with Crippen LogP contribution in [-0.4, -0.2) is 17.4 Å². The second-order valence-corrected chi connectivity index (χ2v) is 3.64. The Labute approximate surface area is 86.5 Å². The number of carbonyl (C=O) groups is 1. The average Bonchev–Trinajstić information content (AvgIpc) is 2.13. The van der Waals surface area contributed by atoms with Crippen LogP contribution in [0.3, 0.4) is 0 Å². The SMILES string of the molecule is CCCCCC(CCCC)OC(=O)O. The molecule has 0 bridgehead atoms. The first-order valence-electron chi connectivity index (χ1n) is 5.60. The van der Waals surface area contributed by atoms with Gasteiger partial charge in [-0.1, -0.05) is 39.5 Å². The van der Waals surface area contributed by atoms with Crippen molar-refractivity contribution in [3.8, 4) is 0 Å². The molecule has 0 saturated heterocycles. The molecule has 0 amide bonds. The number of ether oxygens (including phenoxy) is 1. The summed E-state index contributed by atoms with van der Waals surface area (Å²) >= 11 is 0. The second kappa shape index (κ2) is 8.85. The van der Waals surface area contributed by atoms with E-state index >= 15 is 0 Å². The van der Waals surface area contributed by atoms with Crippen LogP contribution in [0.25, 0.3) is 0 Å². The minimum absolute atomic E-state index is 0.0843. The van der Waals surface area contributed by atoms with Crippen molar-refractivity contribution in [2.45, 2.75) is 64.9 Å². The smallest absolute Gasteiger partial charge is 0.450 e. The fourth-order valence-corrected chi connectivity index (χ4v) is 1.46. The van der Waals surface area contributed by atoms with Crippen LogP contribution in [0, 0.1) is 0 Å². The first-order chi connectivity index (χ1) is 6.70. The molecule has 0 aliphatic rings. The lowest BCUT2D eigenvalue weighted by molar-refractivity contribution is 0.0425. The topological polar surface area (TPSA) is 46.5 Å². The summed E-state index contributed by atoms with van der Waals surface area (Å²) < 4.78 is 4.82. The standard InChI is InChI=1S/C11H22O3/c1-3-5-7-9-10(8-6-4-2)14-11(12)13/h10H,3-9H2,1-2H3,(H,12,13). The minimum Gasteiger partial charge on any atom is -0.450 e. The zero-order chi connectivity index (χ0) is 10.8. The summed E-state index contributed by atoms with van der Waals surface area (Å²) in [7, 11) is 0. The first kappa shape index (κ1) is 13.3. The Hall–Kier alpha value is -0.730. The molecule has 1 N–H and O–H groups in total. The number of hydrogen-bond donors (Lipinski definition) is 1. The normalized spacial score (nSPS) is 12.4. The molecule has 0 aromatic heterocycles. The van der Waals surface area contributed by atoms with E-state index in [9.17, 15) is 4.79 Å². The molecule has 1 atom stereocenters. The van der Waals surface area contributed by atoms with Gasteiger partial charge in [0, 0.05) is 0 Å². The predicted molar refractivity (Wildman–Crippen MR) is 56.6 cm³/mol. The van der Waals surface area contributed by atoms with E-state index in [1.54, 1.807) is 0 Å². The zero-order valence-electron chi connectivity index (χ0n) is 9.29. The van der Waals surface area contributed by atoms with E-state index in [2.05, 4.69) is 13.8 Å². The van der Waals surface area contributed by atoms with Gasteiger partial charge < -0.3 is 9.84 Å². The molecular weight excluding hydrogens is 180 g/mol. The van der Waals surface area contributed by atoms with Crippen molar-refractivity contribution in [3.63, 3.8) is 0 Å². The molecule has 0 aliphatic carbocycles. The van der Waals surface area contributed by atoms with Crippen LogP contribution in [-0.2, 0) is 4.74 Å². The monoisotopic (exact) mass is 202 g/mol. The van der Waals surface area contributed by atoms with Crippen LogP contribution < -0.4 is 0 Å². The number of rotatable bonds is 8. The molecule has 0 radical (unpaired) electrons. The van der Waals surface area contributed by atoms with Gasteiger partial charge in [0.2, 0.25) is 0 Å². The Bertz CT molecular complexity index is 145. The van der Waals surface area contributed by atoms with Gasteiger partial charge in [0.1, 0.15) is 6.10 Å². The third kappa shape index (κ3) is 7.90. The molecule has 84 valence electrons. The maximum absolute atomic E-state index is 10.4. The van der Waals surface area contributed by atoms with Gasteiger partial charge in [-0.15, -0.1) is 0 Å². The van der Waals surface area contributed by atoms with Crippen molar-refractivity contribution in [2.24, 2.45) is 0 Å². The highest BCUT2D eigenvalue weighted by Crippen LogP contribution is 2.13. The minimum atomic E-state index is -1.14. The summed E-state index contributed by atoms with van der Waals surface area (Å²) in [6, 6.07) is 0. The Morgan fingerprint density at radius 2 is 1.71 bits per heavy atom. The van der Waals surface area contributed by atoms with Gasteiger partial charge in [-0.2, -0.15) is 0 Å². The summed E-state index contributed by atoms with van der Waals surface area (Å²) in [6.45, 7) is 4.24. The maximum atomic E-state index is 10.4. The van der Waals surface area contributed by atoms with Crippen molar-refractivity contribution < 1.29 is 14.6 Å². The molecule has 0 fully saturated rings. The van der Waals surface area contributed by atoms with Crippen molar-refractivity contribution in [1.29, 1.82) is 0 Å². The van der Waals surface area contributed by atoms with E-state index in [0.717, 1.165) is 44.9 Å².